The van der Waals surface area contributed by atoms with Gasteiger partial charge in [0.2, 0.25) is 5.91 Å². The topological polar surface area (TPSA) is 56.1 Å². The molecule has 1 aromatic rings. The van der Waals surface area contributed by atoms with Crippen LogP contribution in [0.4, 0.5) is 0 Å². The number of carbonyl (C=O) groups excluding carboxylic acids is 1. The van der Waals surface area contributed by atoms with E-state index in [1.165, 1.54) is 17.0 Å². The van der Waals surface area contributed by atoms with Gasteiger partial charge in [-0.15, -0.1) is 0 Å². The molecule has 1 N–H and O–H groups in total. The van der Waals surface area contributed by atoms with Gasteiger partial charge in [0.15, 0.2) is 0 Å². The molecule has 3 fully saturated rings. The highest BCUT2D eigenvalue weighted by atomic mass is 16.2. The lowest BCUT2D eigenvalue weighted by molar-refractivity contribution is -0.134. The molecule has 1 amide bonds. The van der Waals surface area contributed by atoms with Crippen LogP contribution in [-0.4, -0.2) is 83.9 Å². The fraction of sp³-hybridized carbons (Fsp3) is 0.600. The molecule has 2 unspecified atom stereocenters. The summed E-state index contributed by atoms with van der Waals surface area (Å²) >= 11 is 0. The second-order valence-corrected chi connectivity index (χ2v) is 9.80. The van der Waals surface area contributed by atoms with Gasteiger partial charge in [0.05, 0.1) is 11.7 Å². The Kier molecular flexibility index (Phi) is 5.39. The van der Waals surface area contributed by atoms with E-state index in [4.69, 9.17) is 0 Å². The maximum atomic E-state index is 12.4. The van der Waals surface area contributed by atoms with E-state index in [-0.39, 0.29) is 0 Å². The van der Waals surface area contributed by atoms with E-state index < -0.39 is 0 Å². The summed E-state index contributed by atoms with van der Waals surface area (Å²) in [6.07, 6.45) is 15.6. The van der Waals surface area contributed by atoms with E-state index in [1.807, 2.05) is 0 Å². The van der Waals surface area contributed by atoms with Crippen LogP contribution in [-0.2, 0) is 4.79 Å². The molecule has 32 heavy (non-hydrogen) atoms. The first-order chi connectivity index (χ1) is 15.8. The lowest BCUT2D eigenvalue weighted by atomic mass is 9.92. The van der Waals surface area contributed by atoms with Crippen LogP contribution < -0.4 is 5.32 Å². The van der Waals surface area contributed by atoms with E-state index in [1.54, 1.807) is 0 Å². The second kappa shape index (κ2) is 8.52. The zero-order valence-electron chi connectivity index (χ0n) is 18.8. The largest absolute Gasteiger partial charge is 0.369 e. The first-order valence-electron chi connectivity index (χ1n) is 12.4. The van der Waals surface area contributed by atoms with Crippen LogP contribution in [0.2, 0.25) is 0 Å². The van der Waals surface area contributed by atoms with Gasteiger partial charge < -0.3 is 15.1 Å². The lowest BCUT2D eigenvalue weighted by Gasteiger charge is -2.39. The van der Waals surface area contributed by atoms with Gasteiger partial charge in [-0.3, -0.25) is 9.69 Å². The Bertz CT molecular complexity index is 944. The zero-order chi connectivity index (χ0) is 21.5. The van der Waals surface area contributed by atoms with Crippen LogP contribution >= 0.6 is 0 Å². The molecular formula is C25H34N6O. The summed E-state index contributed by atoms with van der Waals surface area (Å²) in [5, 5.41) is 8.09. The van der Waals surface area contributed by atoms with Crippen molar-refractivity contribution in [2.75, 3.05) is 52.4 Å². The molecule has 2 atom stereocenters. The van der Waals surface area contributed by atoms with Crippen LogP contribution in [0, 0.1) is 5.92 Å². The van der Waals surface area contributed by atoms with Gasteiger partial charge in [-0.2, -0.15) is 5.10 Å². The first kappa shape index (κ1) is 20.2. The second-order valence-electron chi connectivity index (χ2n) is 9.80. The summed E-state index contributed by atoms with van der Waals surface area (Å²) in [5.74, 6) is 1.13. The molecule has 2 saturated heterocycles. The number of hydrogen-bond acceptors (Lipinski definition) is 5. The van der Waals surface area contributed by atoms with Gasteiger partial charge in [-0.05, 0) is 37.0 Å². The number of carbonyl (C=O) groups is 1. The Morgan fingerprint density at radius 1 is 1.03 bits per heavy atom. The van der Waals surface area contributed by atoms with Gasteiger partial charge >= 0.3 is 0 Å². The number of nitrogens with one attached hydrogen (secondary N) is 1. The highest BCUT2D eigenvalue weighted by Gasteiger charge is 2.36. The van der Waals surface area contributed by atoms with Crippen molar-refractivity contribution in [3.8, 4) is 0 Å². The number of piperazine rings is 2. The molecule has 7 heteroatoms. The molecule has 0 radical (unpaired) electrons. The number of hydrogen-bond donors (Lipinski definition) is 1. The fourth-order valence-electron chi connectivity index (χ4n) is 5.59. The number of aromatic nitrogens is 1. The molecule has 2 aliphatic carbocycles. The van der Waals surface area contributed by atoms with E-state index in [9.17, 15) is 4.79 Å². The molecule has 0 spiro atoms. The maximum Gasteiger partial charge on any atom is 0.225 e. The van der Waals surface area contributed by atoms with Crippen molar-refractivity contribution in [2.45, 2.75) is 37.6 Å². The van der Waals surface area contributed by atoms with Crippen molar-refractivity contribution < 1.29 is 4.79 Å². The molecule has 1 aromatic heterocycles. The van der Waals surface area contributed by atoms with Crippen LogP contribution in [0.1, 0.15) is 48.9 Å². The fourth-order valence-corrected chi connectivity index (χ4v) is 5.59. The summed E-state index contributed by atoms with van der Waals surface area (Å²) in [7, 11) is 0. The Morgan fingerprint density at radius 3 is 2.56 bits per heavy atom. The number of allylic oxidation sites excluding steroid dienone is 3. The van der Waals surface area contributed by atoms with Gasteiger partial charge in [-0.1, -0.05) is 12.2 Å². The van der Waals surface area contributed by atoms with Gasteiger partial charge in [0.25, 0.3) is 0 Å². The third-order valence-electron chi connectivity index (χ3n) is 7.71. The molecule has 0 bridgehead atoms. The van der Waals surface area contributed by atoms with Gasteiger partial charge in [0.1, 0.15) is 0 Å². The summed E-state index contributed by atoms with van der Waals surface area (Å²) in [6, 6.07) is 2.74. The van der Waals surface area contributed by atoms with Gasteiger partial charge in [0, 0.05) is 88.7 Å². The minimum atomic E-state index is 0.327. The number of fused-ring (bicyclic) bond motifs is 1. The highest BCUT2D eigenvalue weighted by Crippen LogP contribution is 2.36. The molecule has 4 heterocycles. The third kappa shape index (κ3) is 3.92. The van der Waals surface area contributed by atoms with Crippen molar-refractivity contribution in [1.82, 2.24) is 24.7 Å². The molecule has 5 aliphatic rings. The van der Waals surface area contributed by atoms with Crippen molar-refractivity contribution in [3.05, 3.63) is 47.4 Å². The summed E-state index contributed by atoms with van der Waals surface area (Å²) in [6.45, 7) is 7.97. The monoisotopic (exact) mass is 434 g/mol. The van der Waals surface area contributed by atoms with Crippen LogP contribution in [0.25, 0.3) is 0 Å². The Labute approximate surface area is 190 Å². The average Bonchev–Trinajstić information content (AvgIpc) is 3.62. The maximum absolute atomic E-state index is 12.4. The minimum Gasteiger partial charge on any atom is -0.369 e. The van der Waals surface area contributed by atoms with Crippen molar-refractivity contribution in [3.63, 3.8) is 0 Å². The summed E-state index contributed by atoms with van der Waals surface area (Å²) in [4.78, 5) is 19.5. The van der Waals surface area contributed by atoms with Crippen LogP contribution in [0.15, 0.2) is 41.3 Å². The zero-order valence-corrected chi connectivity index (χ0v) is 18.8. The quantitative estimate of drug-likeness (QED) is 0.789. The van der Waals surface area contributed by atoms with Gasteiger partial charge in [-0.25, -0.2) is 4.68 Å². The molecule has 7 nitrogen and oxygen atoms in total. The van der Waals surface area contributed by atoms with Crippen LogP contribution in [0.5, 0.6) is 0 Å². The number of nitrogens with zero attached hydrogens (tertiary/aromatic N) is 5. The average molecular weight is 435 g/mol. The van der Waals surface area contributed by atoms with E-state index in [0.29, 0.717) is 23.8 Å². The smallest absolute Gasteiger partial charge is 0.225 e. The van der Waals surface area contributed by atoms with Crippen LogP contribution in [0.3, 0.4) is 0 Å². The molecule has 3 aliphatic heterocycles. The van der Waals surface area contributed by atoms with E-state index in [0.717, 1.165) is 78.0 Å². The molecule has 6 rings (SSSR count). The van der Waals surface area contributed by atoms with E-state index in [2.05, 4.69) is 66.5 Å². The molecule has 170 valence electrons. The summed E-state index contributed by atoms with van der Waals surface area (Å²) in [5.41, 5.74) is 4.04. The third-order valence-corrected chi connectivity index (χ3v) is 7.71. The van der Waals surface area contributed by atoms with Crippen molar-refractivity contribution in [1.29, 1.82) is 0 Å². The molecule has 0 aromatic carbocycles. The Morgan fingerprint density at radius 2 is 1.84 bits per heavy atom. The Balaban J connectivity index is 1.12. The Hall–Kier alpha value is -2.38. The molecule has 1 saturated carbocycles. The highest BCUT2D eigenvalue weighted by molar-refractivity contribution is 5.81. The first-order valence-corrected chi connectivity index (χ1v) is 12.4. The molecular weight excluding hydrogens is 400 g/mol. The van der Waals surface area contributed by atoms with Crippen molar-refractivity contribution in [2.24, 2.45) is 11.0 Å². The standard InChI is InChI=1S/C25H34N6O/c32-25(20-1-2-20)30-15-13-29(14-16-30)23-7-8-27-31-18-21(17-24(23)31)19-3-5-22(6-4-19)28-11-9-26-10-12-28/h3,5-6,8,17-20,23,26H,1-2,4,7,9-16H2. The SMILES string of the molecule is O=C(C1CC1)N1CCN(C2CC=Nn3cc(C4C=CC(N5CCNCC5)=CC4)cc32)CC1. The predicted molar refractivity (Wildman–Crippen MR) is 126 cm³/mol. The normalized spacial score (nSPS) is 28.6. The van der Waals surface area contributed by atoms with Crippen molar-refractivity contribution >= 4 is 12.1 Å². The number of rotatable bonds is 4. The predicted octanol–water partition coefficient (Wildman–Crippen LogP) is 2.15. The minimum absolute atomic E-state index is 0.327. The summed E-state index contributed by atoms with van der Waals surface area (Å²) < 4.78 is 2.09. The lowest BCUT2D eigenvalue weighted by Crippen LogP contribution is -2.50. The van der Waals surface area contributed by atoms with E-state index >= 15 is 0 Å². The number of amides is 1.